The lowest BCUT2D eigenvalue weighted by molar-refractivity contribution is 0.306. The molecule has 1 heterocycles. The van der Waals surface area contributed by atoms with E-state index in [1.165, 1.54) is 27.7 Å². The van der Waals surface area contributed by atoms with Crippen LogP contribution in [-0.2, 0) is 6.61 Å². The Morgan fingerprint density at radius 3 is 2.61 bits per heavy atom. The fourth-order valence-electron chi connectivity index (χ4n) is 2.88. The van der Waals surface area contributed by atoms with E-state index in [0.29, 0.717) is 12.0 Å². The summed E-state index contributed by atoms with van der Waals surface area (Å²) in [6.07, 6.45) is 0. The first-order valence-electron chi connectivity index (χ1n) is 7.94. The predicted octanol–water partition coefficient (Wildman–Crippen LogP) is 4.75. The van der Waals surface area contributed by atoms with Gasteiger partial charge in [-0.1, -0.05) is 48.5 Å². The van der Waals surface area contributed by atoms with Gasteiger partial charge in [-0.2, -0.15) is 0 Å². The summed E-state index contributed by atoms with van der Waals surface area (Å²) in [6.45, 7) is 1.70. The monoisotopic (exact) mass is 321 g/mol. The Hall–Kier alpha value is -1.97. The Balaban J connectivity index is 1.52. The molecule has 0 saturated carbocycles. The van der Waals surface area contributed by atoms with Gasteiger partial charge in [0.05, 0.1) is 5.37 Å². The van der Waals surface area contributed by atoms with Crippen LogP contribution in [0.5, 0.6) is 5.75 Å². The molecule has 3 heteroatoms. The van der Waals surface area contributed by atoms with Gasteiger partial charge in [0.15, 0.2) is 0 Å². The quantitative estimate of drug-likeness (QED) is 0.749. The highest BCUT2D eigenvalue weighted by Crippen LogP contribution is 2.32. The molecule has 23 heavy (non-hydrogen) atoms. The van der Waals surface area contributed by atoms with Crippen molar-refractivity contribution < 1.29 is 4.74 Å². The molecule has 0 amide bonds. The van der Waals surface area contributed by atoms with Gasteiger partial charge in [-0.05, 0) is 40.1 Å². The molecule has 4 rings (SSSR count). The number of benzene rings is 3. The highest BCUT2D eigenvalue weighted by molar-refractivity contribution is 7.99. The first kappa shape index (κ1) is 14.6. The molecule has 2 nitrogen and oxygen atoms in total. The van der Waals surface area contributed by atoms with E-state index >= 15 is 0 Å². The molecule has 0 aliphatic carbocycles. The third kappa shape index (κ3) is 3.36. The van der Waals surface area contributed by atoms with Crippen molar-refractivity contribution in [2.45, 2.75) is 12.0 Å². The van der Waals surface area contributed by atoms with Gasteiger partial charge in [0.2, 0.25) is 0 Å². The smallest absolute Gasteiger partial charge is 0.120 e. The standard InChI is InChI=1S/C20H19NOS/c1-2-4-15(5-3-1)14-22-19-9-8-16-12-18(7-6-17(16)13-19)20-21-10-11-23-20/h1-9,12-13,20-21H,10-11,14H2. The molecule has 116 valence electrons. The number of fused-ring (bicyclic) bond motifs is 1. The molecule has 1 fully saturated rings. The second-order valence-corrected chi connectivity index (χ2v) is 6.96. The van der Waals surface area contributed by atoms with Crippen LogP contribution < -0.4 is 10.1 Å². The van der Waals surface area contributed by atoms with Crippen LogP contribution in [0, 0.1) is 0 Å². The summed E-state index contributed by atoms with van der Waals surface area (Å²) in [4.78, 5) is 0. The van der Waals surface area contributed by atoms with Crippen molar-refractivity contribution in [2.24, 2.45) is 0 Å². The summed E-state index contributed by atoms with van der Waals surface area (Å²) in [6, 6.07) is 23.3. The lowest BCUT2D eigenvalue weighted by atomic mass is 10.1. The molecule has 1 aliphatic heterocycles. The fourth-order valence-corrected chi connectivity index (χ4v) is 3.92. The van der Waals surface area contributed by atoms with Crippen LogP contribution in [0.25, 0.3) is 10.8 Å². The summed E-state index contributed by atoms with van der Waals surface area (Å²) in [5.74, 6) is 2.11. The Labute approximate surface area is 140 Å². The molecular formula is C20H19NOS. The molecular weight excluding hydrogens is 302 g/mol. The maximum Gasteiger partial charge on any atom is 0.120 e. The zero-order valence-electron chi connectivity index (χ0n) is 12.9. The molecule has 3 aromatic carbocycles. The predicted molar refractivity (Wildman–Crippen MR) is 97.9 cm³/mol. The van der Waals surface area contributed by atoms with E-state index in [9.17, 15) is 0 Å². The van der Waals surface area contributed by atoms with Gasteiger partial charge in [0.1, 0.15) is 12.4 Å². The van der Waals surface area contributed by atoms with Gasteiger partial charge in [-0.15, -0.1) is 11.8 Å². The van der Waals surface area contributed by atoms with Gasteiger partial charge < -0.3 is 10.1 Å². The topological polar surface area (TPSA) is 21.3 Å². The second-order valence-electron chi connectivity index (χ2n) is 5.75. The second kappa shape index (κ2) is 6.65. The Morgan fingerprint density at radius 1 is 0.957 bits per heavy atom. The van der Waals surface area contributed by atoms with E-state index < -0.39 is 0 Å². The van der Waals surface area contributed by atoms with E-state index in [2.05, 4.69) is 53.8 Å². The normalized spacial score (nSPS) is 17.5. The van der Waals surface area contributed by atoms with Crippen molar-refractivity contribution in [1.82, 2.24) is 5.32 Å². The first-order chi connectivity index (χ1) is 11.4. The molecule has 1 unspecified atom stereocenters. The van der Waals surface area contributed by atoms with E-state index in [1.54, 1.807) is 0 Å². The minimum atomic E-state index is 0.438. The summed E-state index contributed by atoms with van der Waals surface area (Å²) in [7, 11) is 0. The van der Waals surface area contributed by atoms with Crippen LogP contribution in [0.3, 0.4) is 0 Å². The van der Waals surface area contributed by atoms with Crippen molar-refractivity contribution in [3.05, 3.63) is 77.9 Å². The van der Waals surface area contributed by atoms with Crippen LogP contribution in [0.4, 0.5) is 0 Å². The third-order valence-electron chi connectivity index (χ3n) is 4.10. The molecule has 0 spiro atoms. The maximum atomic E-state index is 5.91. The van der Waals surface area contributed by atoms with Gasteiger partial charge >= 0.3 is 0 Å². The van der Waals surface area contributed by atoms with Crippen molar-refractivity contribution >= 4 is 22.5 Å². The molecule has 1 saturated heterocycles. The number of hydrogen-bond donors (Lipinski definition) is 1. The van der Waals surface area contributed by atoms with Gasteiger partial charge in [-0.25, -0.2) is 0 Å². The number of hydrogen-bond acceptors (Lipinski definition) is 3. The highest BCUT2D eigenvalue weighted by atomic mass is 32.2. The van der Waals surface area contributed by atoms with Crippen LogP contribution in [0.15, 0.2) is 66.7 Å². The Kier molecular flexibility index (Phi) is 4.22. The average molecular weight is 321 g/mol. The number of rotatable bonds is 4. The third-order valence-corrected chi connectivity index (χ3v) is 5.32. The van der Waals surface area contributed by atoms with Gasteiger partial charge in [0, 0.05) is 12.3 Å². The van der Waals surface area contributed by atoms with E-state index in [0.717, 1.165) is 12.3 Å². The van der Waals surface area contributed by atoms with Crippen molar-refractivity contribution in [2.75, 3.05) is 12.3 Å². The van der Waals surface area contributed by atoms with Crippen molar-refractivity contribution in [3.8, 4) is 5.75 Å². The van der Waals surface area contributed by atoms with E-state index in [-0.39, 0.29) is 0 Å². The lowest BCUT2D eigenvalue weighted by Crippen LogP contribution is -2.11. The molecule has 0 radical (unpaired) electrons. The van der Waals surface area contributed by atoms with Crippen molar-refractivity contribution in [1.29, 1.82) is 0 Å². The van der Waals surface area contributed by atoms with Crippen LogP contribution in [0.1, 0.15) is 16.5 Å². The van der Waals surface area contributed by atoms with Crippen LogP contribution in [-0.4, -0.2) is 12.3 Å². The number of ether oxygens (including phenoxy) is 1. The van der Waals surface area contributed by atoms with E-state index in [4.69, 9.17) is 4.74 Å². The number of thioether (sulfide) groups is 1. The van der Waals surface area contributed by atoms with Gasteiger partial charge in [-0.3, -0.25) is 0 Å². The molecule has 0 bridgehead atoms. The SMILES string of the molecule is c1ccc(COc2ccc3cc(C4NCCS4)ccc3c2)cc1. The fraction of sp³-hybridized carbons (Fsp3) is 0.200. The molecule has 1 aliphatic rings. The molecule has 1 atom stereocenters. The lowest BCUT2D eigenvalue weighted by Gasteiger charge is -2.12. The zero-order chi connectivity index (χ0) is 15.5. The summed E-state index contributed by atoms with van der Waals surface area (Å²) in [5.41, 5.74) is 2.55. The van der Waals surface area contributed by atoms with Gasteiger partial charge in [0.25, 0.3) is 0 Å². The maximum absolute atomic E-state index is 5.91. The Bertz CT molecular complexity index is 797. The summed E-state index contributed by atoms with van der Waals surface area (Å²) in [5, 5.41) is 6.46. The molecule has 3 aromatic rings. The largest absolute Gasteiger partial charge is 0.489 e. The summed E-state index contributed by atoms with van der Waals surface area (Å²) >= 11 is 1.98. The Morgan fingerprint density at radius 2 is 1.78 bits per heavy atom. The summed E-state index contributed by atoms with van der Waals surface area (Å²) < 4.78 is 5.91. The van der Waals surface area contributed by atoms with Crippen molar-refractivity contribution in [3.63, 3.8) is 0 Å². The van der Waals surface area contributed by atoms with Crippen LogP contribution in [0.2, 0.25) is 0 Å². The number of nitrogens with one attached hydrogen (secondary N) is 1. The molecule has 1 N–H and O–H groups in total. The van der Waals surface area contributed by atoms with Crippen LogP contribution >= 0.6 is 11.8 Å². The zero-order valence-corrected chi connectivity index (χ0v) is 13.7. The van der Waals surface area contributed by atoms with E-state index in [1.807, 2.05) is 30.0 Å². The highest BCUT2D eigenvalue weighted by Gasteiger charge is 2.16. The minimum Gasteiger partial charge on any atom is -0.489 e. The average Bonchev–Trinajstić information content (AvgIpc) is 3.15. The molecule has 0 aromatic heterocycles. The minimum absolute atomic E-state index is 0.438. The first-order valence-corrected chi connectivity index (χ1v) is 8.99.